The molecule has 3 unspecified atom stereocenters. The Kier molecular flexibility index (Phi) is 5.70. The van der Waals surface area contributed by atoms with Gasteiger partial charge in [0, 0.05) is 24.2 Å². The molecule has 18 heavy (non-hydrogen) atoms. The van der Waals surface area contributed by atoms with Crippen LogP contribution in [0, 0.1) is 5.92 Å². The van der Waals surface area contributed by atoms with Crippen LogP contribution in [0.4, 0.5) is 0 Å². The molecule has 4 heteroatoms. The molecule has 2 aliphatic rings. The van der Waals surface area contributed by atoms with Crippen LogP contribution in [-0.2, 0) is 0 Å². The van der Waals surface area contributed by atoms with E-state index >= 15 is 0 Å². The van der Waals surface area contributed by atoms with Crippen molar-refractivity contribution in [1.82, 2.24) is 10.6 Å². The maximum absolute atomic E-state index is 9.98. The molecule has 0 saturated heterocycles. The highest BCUT2D eigenvalue weighted by atomic mass is 35.5. The molecule has 0 aromatic rings. The number of aliphatic hydroxyl groups excluding tert-OH is 1. The Hall–Kier alpha value is -0.350. The quantitative estimate of drug-likeness (QED) is 0.530. The summed E-state index contributed by atoms with van der Waals surface area (Å²) in [4.78, 5) is 0. The lowest BCUT2D eigenvalue weighted by molar-refractivity contribution is 0.104. The molecule has 0 saturated carbocycles. The molecule has 0 spiro atoms. The smallest absolute Gasteiger partial charge is 0.105 e. The van der Waals surface area contributed by atoms with E-state index < -0.39 is 6.23 Å². The van der Waals surface area contributed by atoms with Crippen LogP contribution in [0.1, 0.15) is 32.1 Å². The highest BCUT2D eigenvalue weighted by Gasteiger charge is 2.17. The van der Waals surface area contributed by atoms with Gasteiger partial charge in [0.1, 0.15) is 6.23 Å². The summed E-state index contributed by atoms with van der Waals surface area (Å²) in [6.45, 7) is 1.66. The van der Waals surface area contributed by atoms with Gasteiger partial charge in [0.2, 0.25) is 0 Å². The van der Waals surface area contributed by atoms with Crippen LogP contribution < -0.4 is 10.6 Å². The summed E-state index contributed by atoms with van der Waals surface area (Å²) in [5, 5.41) is 17.5. The standard InChI is InChI=1S/C14H23ClN2O/c15-12-6-7-16-13(9-12)10-17-14(18)8-11-4-2-1-3-5-11/h1-2,9,11,13-14,16-18H,3-8,10H2. The summed E-state index contributed by atoms with van der Waals surface area (Å²) in [6, 6.07) is 0.243. The van der Waals surface area contributed by atoms with E-state index in [2.05, 4.69) is 22.8 Å². The zero-order chi connectivity index (χ0) is 12.8. The van der Waals surface area contributed by atoms with Gasteiger partial charge in [-0.2, -0.15) is 0 Å². The molecule has 1 aliphatic carbocycles. The van der Waals surface area contributed by atoms with Crippen molar-refractivity contribution in [2.45, 2.75) is 44.4 Å². The minimum Gasteiger partial charge on any atom is -0.379 e. The molecule has 0 aromatic heterocycles. The molecular weight excluding hydrogens is 248 g/mol. The number of rotatable bonds is 5. The molecule has 0 bridgehead atoms. The fourth-order valence-electron chi connectivity index (χ4n) is 2.60. The van der Waals surface area contributed by atoms with E-state index in [1.165, 1.54) is 6.42 Å². The van der Waals surface area contributed by atoms with Crippen LogP contribution in [0.3, 0.4) is 0 Å². The lowest BCUT2D eigenvalue weighted by atomic mass is 9.91. The molecule has 1 aliphatic heterocycles. The Balaban J connectivity index is 1.66. The predicted molar refractivity (Wildman–Crippen MR) is 75.5 cm³/mol. The van der Waals surface area contributed by atoms with Crippen LogP contribution in [0.25, 0.3) is 0 Å². The third-order valence-electron chi connectivity index (χ3n) is 3.66. The first-order valence-electron chi connectivity index (χ1n) is 6.90. The van der Waals surface area contributed by atoms with E-state index in [9.17, 15) is 5.11 Å². The van der Waals surface area contributed by atoms with Gasteiger partial charge >= 0.3 is 0 Å². The SMILES string of the molecule is OC(CC1CC=CCC1)NCC1C=C(Cl)CCN1. The van der Waals surface area contributed by atoms with Crippen molar-refractivity contribution in [2.75, 3.05) is 13.1 Å². The molecule has 3 nitrogen and oxygen atoms in total. The summed E-state index contributed by atoms with van der Waals surface area (Å²) in [5.41, 5.74) is 0. The third-order valence-corrected chi connectivity index (χ3v) is 3.98. The van der Waals surface area contributed by atoms with Gasteiger partial charge in [0.15, 0.2) is 0 Å². The first-order valence-corrected chi connectivity index (χ1v) is 7.28. The van der Waals surface area contributed by atoms with E-state index in [1.54, 1.807) is 0 Å². The van der Waals surface area contributed by atoms with Crippen molar-refractivity contribution >= 4 is 11.6 Å². The highest BCUT2D eigenvalue weighted by Crippen LogP contribution is 2.22. The fourth-order valence-corrected chi connectivity index (χ4v) is 2.85. The number of allylic oxidation sites excluding steroid dienone is 2. The molecule has 3 atom stereocenters. The van der Waals surface area contributed by atoms with E-state index in [1.807, 2.05) is 6.08 Å². The Bertz CT molecular complexity index is 317. The monoisotopic (exact) mass is 270 g/mol. The average molecular weight is 271 g/mol. The van der Waals surface area contributed by atoms with Gasteiger partial charge in [-0.15, -0.1) is 0 Å². The summed E-state index contributed by atoms with van der Waals surface area (Å²) in [6.07, 6.45) is 11.3. The second-order valence-corrected chi connectivity index (χ2v) is 5.72. The first kappa shape index (κ1) is 14.1. The molecule has 3 N–H and O–H groups in total. The Morgan fingerprint density at radius 2 is 2.39 bits per heavy atom. The zero-order valence-corrected chi connectivity index (χ0v) is 11.5. The van der Waals surface area contributed by atoms with Crippen molar-refractivity contribution in [3.63, 3.8) is 0 Å². The summed E-state index contributed by atoms with van der Waals surface area (Å²) in [5.74, 6) is 0.621. The van der Waals surface area contributed by atoms with Crippen LogP contribution in [0.2, 0.25) is 0 Å². The molecule has 0 radical (unpaired) electrons. The molecule has 0 fully saturated rings. The van der Waals surface area contributed by atoms with E-state index in [0.29, 0.717) is 5.92 Å². The maximum atomic E-state index is 9.98. The van der Waals surface area contributed by atoms with Crippen LogP contribution in [-0.4, -0.2) is 30.5 Å². The first-order chi connectivity index (χ1) is 8.74. The largest absolute Gasteiger partial charge is 0.379 e. The fraction of sp³-hybridized carbons (Fsp3) is 0.714. The van der Waals surface area contributed by atoms with Gasteiger partial charge in [-0.3, -0.25) is 5.32 Å². The molecular formula is C14H23ClN2O. The minimum absolute atomic E-state index is 0.243. The number of nitrogens with one attached hydrogen (secondary N) is 2. The number of halogens is 1. The van der Waals surface area contributed by atoms with E-state index in [-0.39, 0.29) is 6.04 Å². The van der Waals surface area contributed by atoms with Crippen molar-refractivity contribution in [3.05, 3.63) is 23.3 Å². The average Bonchev–Trinajstić information content (AvgIpc) is 2.38. The number of hydrogen-bond donors (Lipinski definition) is 3. The topological polar surface area (TPSA) is 44.3 Å². The van der Waals surface area contributed by atoms with E-state index in [0.717, 1.165) is 43.8 Å². The predicted octanol–water partition coefficient (Wildman–Crippen LogP) is 2.13. The van der Waals surface area contributed by atoms with Gasteiger partial charge in [-0.05, 0) is 38.0 Å². The highest BCUT2D eigenvalue weighted by molar-refractivity contribution is 6.29. The number of hydrogen-bond acceptors (Lipinski definition) is 3. The van der Waals surface area contributed by atoms with Gasteiger partial charge in [-0.25, -0.2) is 0 Å². The lowest BCUT2D eigenvalue weighted by Gasteiger charge is -2.25. The lowest BCUT2D eigenvalue weighted by Crippen LogP contribution is -2.44. The van der Waals surface area contributed by atoms with Crippen molar-refractivity contribution < 1.29 is 5.11 Å². The Morgan fingerprint density at radius 3 is 3.11 bits per heavy atom. The molecule has 0 amide bonds. The number of aliphatic hydroxyl groups is 1. The van der Waals surface area contributed by atoms with Crippen molar-refractivity contribution in [3.8, 4) is 0 Å². The summed E-state index contributed by atoms with van der Waals surface area (Å²) < 4.78 is 0. The second kappa shape index (κ2) is 7.29. The zero-order valence-electron chi connectivity index (χ0n) is 10.7. The second-order valence-electron chi connectivity index (χ2n) is 5.23. The van der Waals surface area contributed by atoms with Crippen molar-refractivity contribution in [2.24, 2.45) is 5.92 Å². The molecule has 1 heterocycles. The summed E-state index contributed by atoms with van der Waals surface area (Å²) >= 11 is 6.01. The Morgan fingerprint density at radius 1 is 1.50 bits per heavy atom. The van der Waals surface area contributed by atoms with Gasteiger partial charge in [0.25, 0.3) is 0 Å². The maximum Gasteiger partial charge on any atom is 0.105 e. The normalized spacial score (nSPS) is 30.0. The van der Waals surface area contributed by atoms with Gasteiger partial charge in [0.05, 0.1) is 0 Å². The molecule has 0 aromatic carbocycles. The van der Waals surface area contributed by atoms with Gasteiger partial charge in [-0.1, -0.05) is 29.8 Å². The summed E-state index contributed by atoms with van der Waals surface area (Å²) in [7, 11) is 0. The molecule has 102 valence electrons. The van der Waals surface area contributed by atoms with Crippen molar-refractivity contribution in [1.29, 1.82) is 0 Å². The van der Waals surface area contributed by atoms with Crippen LogP contribution >= 0.6 is 11.6 Å². The van der Waals surface area contributed by atoms with Gasteiger partial charge < -0.3 is 10.4 Å². The minimum atomic E-state index is -0.405. The van der Waals surface area contributed by atoms with Crippen LogP contribution in [0.15, 0.2) is 23.3 Å². The molecule has 2 rings (SSSR count). The Labute approximate surface area is 114 Å². The van der Waals surface area contributed by atoms with E-state index in [4.69, 9.17) is 11.6 Å². The van der Waals surface area contributed by atoms with Crippen LogP contribution in [0.5, 0.6) is 0 Å². The third kappa shape index (κ3) is 4.73.